The molecule has 0 aliphatic carbocycles. The number of aromatic nitrogens is 3. The third-order valence-electron chi connectivity index (χ3n) is 2.96. The minimum absolute atomic E-state index is 0.136. The van der Waals surface area contributed by atoms with Gasteiger partial charge in [0.25, 0.3) is 0 Å². The molecule has 0 radical (unpaired) electrons. The number of fused-ring (bicyclic) bond motifs is 1. The van der Waals surface area contributed by atoms with Gasteiger partial charge in [-0.25, -0.2) is 9.78 Å². The van der Waals surface area contributed by atoms with Gasteiger partial charge in [-0.05, 0) is 30.7 Å². The summed E-state index contributed by atoms with van der Waals surface area (Å²) < 4.78 is 1.58. The van der Waals surface area contributed by atoms with Gasteiger partial charge in [-0.2, -0.15) is 0 Å². The molecule has 0 unspecified atom stereocenters. The average molecular weight is 253 g/mol. The Balaban J connectivity index is 2.39. The molecule has 0 spiro atoms. The Bertz CT molecular complexity index is 763. The van der Waals surface area contributed by atoms with Crippen molar-refractivity contribution in [2.24, 2.45) is 0 Å². The van der Waals surface area contributed by atoms with Crippen molar-refractivity contribution in [2.75, 3.05) is 0 Å². The Hall–Kier alpha value is -2.69. The van der Waals surface area contributed by atoms with Crippen molar-refractivity contribution >= 4 is 11.6 Å². The number of aromatic carboxylic acids is 1. The zero-order valence-electron chi connectivity index (χ0n) is 10.2. The van der Waals surface area contributed by atoms with Gasteiger partial charge in [0, 0.05) is 12.4 Å². The molecule has 0 saturated heterocycles. The molecule has 0 fully saturated rings. The summed E-state index contributed by atoms with van der Waals surface area (Å²) in [5, 5.41) is 9.42. The van der Waals surface area contributed by atoms with E-state index in [0.29, 0.717) is 17.0 Å². The van der Waals surface area contributed by atoms with Gasteiger partial charge in [0.2, 0.25) is 0 Å². The van der Waals surface area contributed by atoms with Crippen LogP contribution in [0.25, 0.3) is 17.0 Å². The number of nitrogens with zero attached hydrogens (tertiary/aromatic N) is 3. The Labute approximate surface area is 109 Å². The fourth-order valence-electron chi connectivity index (χ4n) is 2.09. The van der Waals surface area contributed by atoms with Crippen LogP contribution in [0.5, 0.6) is 0 Å². The van der Waals surface area contributed by atoms with Crippen LogP contribution in [0.15, 0.2) is 42.7 Å². The number of imidazole rings is 1. The van der Waals surface area contributed by atoms with E-state index in [1.165, 1.54) is 0 Å². The van der Waals surface area contributed by atoms with Crippen LogP contribution in [0.3, 0.4) is 0 Å². The highest BCUT2D eigenvalue weighted by Crippen LogP contribution is 2.24. The summed E-state index contributed by atoms with van der Waals surface area (Å²) in [5.41, 5.74) is 2.65. The molecule has 3 aromatic heterocycles. The molecule has 0 aliphatic heterocycles. The van der Waals surface area contributed by atoms with E-state index in [0.717, 1.165) is 5.56 Å². The van der Waals surface area contributed by atoms with Crippen LogP contribution >= 0.6 is 0 Å². The molecule has 0 amide bonds. The number of carboxylic acids is 1. The quantitative estimate of drug-likeness (QED) is 0.761. The van der Waals surface area contributed by atoms with Crippen molar-refractivity contribution in [2.45, 2.75) is 6.92 Å². The van der Waals surface area contributed by atoms with Crippen molar-refractivity contribution in [3.8, 4) is 11.4 Å². The van der Waals surface area contributed by atoms with E-state index in [1.54, 1.807) is 35.0 Å². The first kappa shape index (κ1) is 11.4. The van der Waals surface area contributed by atoms with Gasteiger partial charge in [0.15, 0.2) is 5.69 Å². The van der Waals surface area contributed by atoms with E-state index in [9.17, 15) is 9.90 Å². The normalized spacial score (nSPS) is 10.8. The molecule has 5 nitrogen and oxygen atoms in total. The van der Waals surface area contributed by atoms with E-state index in [4.69, 9.17) is 0 Å². The summed E-state index contributed by atoms with van der Waals surface area (Å²) in [4.78, 5) is 20.1. The maximum atomic E-state index is 11.5. The van der Waals surface area contributed by atoms with Gasteiger partial charge >= 0.3 is 5.97 Å². The Morgan fingerprint density at radius 2 is 2.11 bits per heavy atom. The standard InChI is InChI=1S/C14H11N3O2/c1-9-5-4-8-17-12(14(18)19)11(16-13(9)17)10-6-2-3-7-15-10/h2-8H,1H3,(H,18,19). The summed E-state index contributed by atoms with van der Waals surface area (Å²) in [6.07, 6.45) is 3.32. The molecular weight excluding hydrogens is 242 g/mol. The topological polar surface area (TPSA) is 67.5 Å². The summed E-state index contributed by atoms with van der Waals surface area (Å²) in [5.74, 6) is -1.02. The highest BCUT2D eigenvalue weighted by molar-refractivity contribution is 5.94. The van der Waals surface area contributed by atoms with Crippen molar-refractivity contribution in [1.82, 2.24) is 14.4 Å². The molecule has 19 heavy (non-hydrogen) atoms. The van der Waals surface area contributed by atoms with E-state index >= 15 is 0 Å². The molecule has 94 valence electrons. The largest absolute Gasteiger partial charge is 0.476 e. The van der Waals surface area contributed by atoms with E-state index in [2.05, 4.69) is 9.97 Å². The summed E-state index contributed by atoms with van der Waals surface area (Å²) >= 11 is 0. The predicted octanol–water partition coefficient (Wildman–Crippen LogP) is 2.40. The van der Waals surface area contributed by atoms with E-state index in [-0.39, 0.29) is 5.69 Å². The highest BCUT2D eigenvalue weighted by Gasteiger charge is 2.21. The van der Waals surface area contributed by atoms with Crippen molar-refractivity contribution in [3.05, 3.63) is 54.0 Å². The van der Waals surface area contributed by atoms with Crippen LogP contribution in [0.1, 0.15) is 16.1 Å². The Morgan fingerprint density at radius 1 is 1.26 bits per heavy atom. The number of hydrogen-bond acceptors (Lipinski definition) is 3. The number of aryl methyl sites for hydroxylation is 1. The van der Waals surface area contributed by atoms with E-state index in [1.807, 2.05) is 19.1 Å². The first-order chi connectivity index (χ1) is 9.18. The smallest absolute Gasteiger partial charge is 0.355 e. The lowest BCUT2D eigenvalue weighted by molar-refractivity contribution is 0.0690. The van der Waals surface area contributed by atoms with Gasteiger partial charge < -0.3 is 5.11 Å². The lowest BCUT2D eigenvalue weighted by Gasteiger charge is -1.99. The number of carboxylic acid groups (broad SMARTS) is 1. The van der Waals surface area contributed by atoms with Crippen molar-refractivity contribution < 1.29 is 9.90 Å². The zero-order chi connectivity index (χ0) is 13.4. The molecule has 3 heterocycles. The summed E-state index contributed by atoms with van der Waals surface area (Å²) in [7, 11) is 0. The van der Waals surface area contributed by atoms with Crippen LogP contribution in [-0.2, 0) is 0 Å². The van der Waals surface area contributed by atoms with Crippen LogP contribution < -0.4 is 0 Å². The number of rotatable bonds is 2. The first-order valence-electron chi connectivity index (χ1n) is 5.81. The maximum absolute atomic E-state index is 11.5. The van der Waals surface area contributed by atoms with Gasteiger partial charge in [-0.3, -0.25) is 9.38 Å². The molecule has 0 saturated carbocycles. The summed E-state index contributed by atoms with van der Waals surface area (Å²) in [6.45, 7) is 1.90. The van der Waals surface area contributed by atoms with Crippen LogP contribution in [0.2, 0.25) is 0 Å². The molecule has 0 bridgehead atoms. The predicted molar refractivity (Wildman–Crippen MR) is 70.1 cm³/mol. The maximum Gasteiger partial charge on any atom is 0.355 e. The average Bonchev–Trinajstić information content (AvgIpc) is 2.81. The van der Waals surface area contributed by atoms with E-state index < -0.39 is 5.97 Å². The number of hydrogen-bond donors (Lipinski definition) is 1. The Kier molecular flexibility index (Phi) is 2.52. The fourth-order valence-corrected chi connectivity index (χ4v) is 2.09. The second-order valence-electron chi connectivity index (χ2n) is 4.21. The molecule has 0 aromatic carbocycles. The van der Waals surface area contributed by atoms with Crippen molar-refractivity contribution in [1.29, 1.82) is 0 Å². The minimum atomic E-state index is -1.02. The van der Waals surface area contributed by atoms with Crippen LogP contribution in [-0.4, -0.2) is 25.4 Å². The van der Waals surface area contributed by atoms with Crippen LogP contribution in [0.4, 0.5) is 0 Å². The van der Waals surface area contributed by atoms with Crippen LogP contribution in [0, 0.1) is 6.92 Å². The highest BCUT2D eigenvalue weighted by atomic mass is 16.4. The second kappa shape index (κ2) is 4.20. The molecule has 3 rings (SSSR count). The third-order valence-corrected chi connectivity index (χ3v) is 2.96. The fraction of sp³-hybridized carbons (Fsp3) is 0.0714. The zero-order valence-corrected chi connectivity index (χ0v) is 10.2. The second-order valence-corrected chi connectivity index (χ2v) is 4.21. The van der Waals surface area contributed by atoms with Gasteiger partial charge in [-0.1, -0.05) is 12.1 Å². The van der Waals surface area contributed by atoms with Crippen molar-refractivity contribution in [3.63, 3.8) is 0 Å². The Morgan fingerprint density at radius 3 is 2.79 bits per heavy atom. The molecule has 0 aliphatic rings. The van der Waals surface area contributed by atoms with Gasteiger partial charge in [-0.15, -0.1) is 0 Å². The van der Waals surface area contributed by atoms with Gasteiger partial charge in [0.05, 0.1) is 5.69 Å². The third kappa shape index (κ3) is 1.76. The van der Waals surface area contributed by atoms with Gasteiger partial charge in [0.1, 0.15) is 11.3 Å². The summed E-state index contributed by atoms with van der Waals surface area (Å²) in [6, 6.07) is 9.05. The first-order valence-corrected chi connectivity index (χ1v) is 5.81. The monoisotopic (exact) mass is 253 g/mol. The number of carbonyl (C=O) groups is 1. The molecular formula is C14H11N3O2. The molecule has 5 heteroatoms. The number of pyridine rings is 2. The SMILES string of the molecule is Cc1cccn2c(C(=O)O)c(-c3ccccn3)nc12. The lowest BCUT2D eigenvalue weighted by Crippen LogP contribution is -2.04. The molecule has 1 N–H and O–H groups in total. The molecule has 3 aromatic rings. The molecule has 0 atom stereocenters. The lowest BCUT2D eigenvalue weighted by atomic mass is 10.2. The minimum Gasteiger partial charge on any atom is -0.476 e.